The van der Waals surface area contributed by atoms with Gasteiger partial charge in [-0.3, -0.25) is 0 Å². The number of aromatic nitrogens is 1. The molecule has 0 aliphatic rings. The van der Waals surface area contributed by atoms with Crippen molar-refractivity contribution in [2.75, 3.05) is 0 Å². The molecular weight excluding hydrogens is 302 g/mol. The van der Waals surface area contributed by atoms with Crippen molar-refractivity contribution >= 4 is 33.2 Å². The first-order chi connectivity index (χ1) is 8.00. The van der Waals surface area contributed by atoms with Crippen molar-refractivity contribution in [1.29, 1.82) is 0 Å². The van der Waals surface area contributed by atoms with E-state index in [9.17, 15) is 4.79 Å². The molecule has 0 saturated carbocycles. The Morgan fingerprint density at radius 3 is 2.76 bits per heavy atom. The number of nitrogens with zero attached hydrogens (tertiary/aromatic N) is 1. The van der Waals surface area contributed by atoms with Crippen LogP contribution in [0.4, 0.5) is 0 Å². The molecule has 0 bridgehead atoms. The molecule has 5 heteroatoms. The van der Waals surface area contributed by atoms with E-state index >= 15 is 0 Å². The predicted octanol–water partition coefficient (Wildman–Crippen LogP) is 3.89. The Morgan fingerprint density at radius 1 is 1.41 bits per heavy atom. The van der Waals surface area contributed by atoms with Crippen LogP contribution in [0.2, 0.25) is 0 Å². The molecule has 1 aromatic heterocycles. The van der Waals surface area contributed by atoms with Crippen LogP contribution in [0.25, 0.3) is 10.4 Å². The number of carboxylic acid groups (broad SMARTS) is 1. The Kier molecular flexibility index (Phi) is 3.31. The molecule has 1 heterocycles. The summed E-state index contributed by atoms with van der Waals surface area (Å²) in [6.45, 7) is 4.00. The van der Waals surface area contributed by atoms with Gasteiger partial charge in [-0.2, -0.15) is 0 Å². The molecule has 17 heavy (non-hydrogen) atoms. The van der Waals surface area contributed by atoms with Crippen LogP contribution in [-0.2, 0) is 0 Å². The lowest BCUT2D eigenvalue weighted by Gasteiger charge is -2.06. The molecule has 0 aliphatic heterocycles. The third kappa shape index (κ3) is 2.25. The van der Waals surface area contributed by atoms with Crippen LogP contribution in [0, 0.1) is 13.8 Å². The van der Waals surface area contributed by atoms with E-state index < -0.39 is 5.97 Å². The normalized spacial score (nSPS) is 10.5. The Bertz CT molecular complexity index is 592. The van der Waals surface area contributed by atoms with Gasteiger partial charge < -0.3 is 5.11 Å². The van der Waals surface area contributed by atoms with E-state index in [2.05, 4.69) is 20.9 Å². The number of halogens is 1. The van der Waals surface area contributed by atoms with Gasteiger partial charge in [0.05, 0.1) is 4.88 Å². The fourth-order valence-electron chi connectivity index (χ4n) is 1.62. The third-order valence-corrected chi connectivity index (χ3v) is 4.19. The summed E-state index contributed by atoms with van der Waals surface area (Å²) in [5.74, 6) is -0.997. The van der Waals surface area contributed by atoms with Crippen LogP contribution in [0.1, 0.15) is 21.6 Å². The monoisotopic (exact) mass is 311 g/mol. The van der Waals surface area contributed by atoms with Crippen molar-refractivity contribution in [1.82, 2.24) is 4.98 Å². The van der Waals surface area contributed by atoms with Gasteiger partial charge in [0.15, 0.2) is 9.61 Å². The standard InChI is InChI=1S/C12H10BrNO2S/c1-6-4-3-5-8(7(6)2)10-9(11(15)16)14-12(13)17-10/h3-5H,1-2H3,(H,15,16). The van der Waals surface area contributed by atoms with Crippen molar-refractivity contribution in [3.05, 3.63) is 38.9 Å². The van der Waals surface area contributed by atoms with E-state index in [4.69, 9.17) is 5.11 Å². The number of aryl methyl sites for hydroxylation is 1. The molecule has 0 amide bonds. The Hall–Kier alpha value is -1.20. The molecule has 1 aromatic carbocycles. The molecule has 0 fully saturated rings. The molecule has 3 nitrogen and oxygen atoms in total. The van der Waals surface area contributed by atoms with E-state index in [0.29, 0.717) is 8.79 Å². The number of aromatic carboxylic acids is 1. The smallest absolute Gasteiger partial charge is 0.356 e. The molecule has 0 spiro atoms. The number of carbonyl (C=O) groups is 1. The average molecular weight is 312 g/mol. The third-order valence-electron chi connectivity index (χ3n) is 2.65. The van der Waals surface area contributed by atoms with Gasteiger partial charge in [-0.25, -0.2) is 9.78 Å². The highest BCUT2D eigenvalue weighted by Gasteiger charge is 2.19. The van der Waals surface area contributed by atoms with Crippen LogP contribution >= 0.6 is 27.3 Å². The maximum atomic E-state index is 11.1. The number of hydrogen-bond donors (Lipinski definition) is 1. The lowest BCUT2D eigenvalue weighted by Crippen LogP contribution is -1.99. The quantitative estimate of drug-likeness (QED) is 0.915. The zero-order valence-electron chi connectivity index (χ0n) is 9.32. The van der Waals surface area contributed by atoms with Gasteiger partial charge in [-0.15, -0.1) is 11.3 Å². The lowest BCUT2D eigenvalue weighted by molar-refractivity contribution is 0.0692. The largest absolute Gasteiger partial charge is 0.476 e. The van der Waals surface area contributed by atoms with E-state index in [1.165, 1.54) is 11.3 Å². The molecule has 1 N–H and O–H groups in total. The number of carboxylic acids is 1. The molecule has 2 rings (SSSR count). The molecule has 0 atom stereocenters. The fraction of sp³-hybridized carbons (Fsp3) is 0.167. The van der Waals surface area contributed by atoms with Gasteiger partial charge in [0.25, 0.3) is 0 Å². The van der Waals surface area contributed by atoms with Gasteiger partial charge in [0.1, 0.15) is 0 Å². The summed E-state index contributed by atoms with van der Waals surface area (Å²) in [6.07, 6.45) is 0. The zero-order valence-corrected chi connectivity index (χ0v) is 11.7. The number of rotatable bonds is 2. The first-order valence-electron chi connectivity index (χ1n) is 4.97. The van der Waals surface area contributed by atoms with E-state index in [1.807, 2.05) is 32.0 Å². The minimum Gasteiger partial charge on any atom is -0.476 e. The summed E-state index contributed by atoms with van der Waals surface area (Å²) in [7, 11) is 0. The summed E-state index contributed by atoms with van der Waals surface area (Å²) in [4.78, 5) is 15.8. The second kappa shape index (κ2) is 4.58. The SMILES string of the molecule is Cc1cccc(-c2sc(Br)nc2C(=O)O)c1C. The van der Waals surface area contributed by atoms with Crippen molar-refractivity contribution in [2.45, 2.75) is 13.8 Å². The van der Waals surface area contributed by atoms with Gasteiger partial charge in [-0.05, 0) is 46.5 Å². The van der Waals surface area contributed by atoms with Crippen molar-refractivity contribution in [2.24, 2.45) is 0 Å². The molecule has 0 unspecified atom stereocenters. The molecule has 88 valence electrons. The van der Waals surface area contributed by atoms with Gasteiger partial charge in [0, 0.05) is 0 Å². The molecule has 0 saturated heterocycles. The summed E-state index contributed by atoms with van der Waals surface area (Å²) >= 11 is 4.58. The fourth-order valence-corrected chi connectivity index (χ4v) is 3.15. The van der Waals surface area contributed by atoms with Crippen LogP contribution in [-0.4, -0.2) is 16.1 Å². The Labute approximate surface area is 111 Å². The second-order valence-electron chi connectivity index (χ2n) is 3.70. The number of benzene rings is 1. The first-order valence-corrected chi connectivity index (χ1v) is 6.58. The minimum atomic E-state index is -0.997. The van der Waals surface area contributed by atoms with Crippen LogP contribution < -0.4 is 0 Å². The second-order valence-corrected chi connectivity index (χ2v) is 5.97. The average Bonchev–Trinajstić information content (AvgIpc) is 2.64. The van der Waals surface area contributed by atoms with Crippen LogP contribution in [0.3, 0.4) is 0 Å². The lowest BCUT2D eigenvalue weighted by atomic mass is 10.0. The maximum absolute atomic E-state index is 11.1. The molecule has 0 radical (unpaired) electrons. The Morgan fingerprint density at radius 2 is 2.12 bits per heavy atom. The van der Waals surface area contributed by atoms with E-state index in [1.54, 1.807) is 0 Å². The maximum Gasteiger partial charge on any atom is 0.356 e. The van der Waals surface area contributed by atoms with Crippen LogP contribution in [0.15, 0.2) is 22.1 Å². The highest BCUT2D eigenvalue weighted by atomic mass is 79.9. The first kappa shape index (κ1) is 12.3. The number of thiazole rings is 1. The summed E-state index contributed by atoms with van der Waals surface area (Å²) in [6, 6.07) is 5.86. The summed E-state index contributed by atoms with van der Waals surface area (Å²) in [5, 5.41) is 9.12. The highest BCUT2D eigenvalue weighted by Crippen LogP contribution is 2.35. The Balaban J connectivity index is 2.68. The van der Waals surface area contributed by atoms with Gasteiger partial charge >= 0.3 is 5.97 Å². The summed E-state index contributed by atoms with van der Waals surface area (Å²) in [5.41, 5.74) is 3.27. The molecular formula is C12H10BrNO2S. The van der Waals surface area contributed by atoms with Gasteiger partial charge in [-0.1, -0.05) is 18.2 Å². The minimum absolute atomic E-state index is 0.107. The van der Waals surface area contributed by atoms with Gasteiger partial charge in [0.2, 0.25) is 0 Å². The van der Waals surface area contributed by atoms with E-state index in [0.717, 1.165) is 16.7 Å². The highest BCUT2D eigenvalue weighted by molar-refractivity contribution is 9.11. The molecule has 0 aliphatic carbocycles. The predicted molar refractivity (Wildman–Crippen MR) is 71.7 cm³/mol. The van der Waals surface area contributed by atoms with Crippen molar-refractivity contribution < 1.29 is 9.90 Å². The van der Waals surface area contributed by atoms with Crippen molar-refractivity contribution in [3.63, 3.8) is 0 Å². The zero-order chi connectivity index (χ0) is 12.6. The van der Waals surface area contributed by atoms with Crippen molar-refractivity contribution in [3.8, 4) is 10.4 Å². The van der Waals surface area contributed by atoms with Crippen LogP contribution in [0.5, 0.6) is 0 Å². The number of hydrogen-bond acceptors (Lipinski definition) is 3. The summed E-state index contributed by atoms with van der Waals surface area (Å²) < 4.78 is 0.589. The molecule has 2 aromatic rings. The topological polar surface area (TPSA) is 50.2 Å². The van der Waals surface area contributed by atoms with E-state index in [-0.39, 0.29) is 5.69 Å².